The van der Waals surface area contributed by atoms with Crippen LogP contribution in [0.1, 0.15) is 29.3 Å². The summed E-state index contributed by atoms with van der Waals surface area (Å²) in [6.45, 7) is 4.37. The van der Waals surface area contributed by atoms with Crippen LogP contribution in [0, 0.1) is 5.82 Å². The Bertz CT molecular complexity index is 586. The van der Waals surface area contributed by atoms with Crippen LogP contribution >= 0.6 is 0 Å². The topological polar surface area (TPSA) is 33.2 Å². The van der Waals surface area contributed by atoms with E-state index < -0.39 is 0 Å². The standard InChI is InChI=1S/C17H19FN2O/c1-2-20(13-14-6-9-19-10-7-14)11-8-17(21)15-4-3-5-16(18)12-15/h3-7,9-10,12H,2,8,11,13H2,1H3. The molecular weight excluding hydrogens is 267 g/mol. The van der Waals surface area contributed by atoms with Gasteiger partial charge in [0.1, 0.15) is 5.82 Å². The molecule has 2 aromatic rings. The first-order valence-corrected chi connectivity index (χ1v) is 7.09. The Balaban J connectivity index is 1.89. The summed E-state index contributed by atoms with van der Waals surface area (Å²) < 4.78 is 13.1. The van der Waals surface area contributed by atoms with E-state index in [0.717, 1.165) is 13.1 Å². The Morgan fingerprint density at radius 1 is 1.24 bits per heavy atom. The SMILES string of the molecule is CCN(CCC(=O)c1cccc(F)c1)Cc1ccncc1. The van der Waals surface area contributed by atoms with Gasteiger partial charge in [-0.05, 0) is 36.4 Å². The van der Waals surface area contributed by atoms with Crippen LogP contribution in [0.3, 0.4) is 0 Å². The molecule has 2 rings (SSSR count). The molecule has 0 saturated heterocycles. The molecule has 0 radical (unpaired) electrons. The highest BCUT2D eigenvalue weighted by atomic mass is 19.1. The Hall–Kier alpha value is -2.07. The molecule has 0 spiro atoms. The van der Waals surface area contributed by atoms with Crippen molar-refractivity contribution in [3.63, 3.8) is 0 Å². The molecule has 0 fully saturated rings. The maximum atomic E-state index is 13.1. The van der Waals surface area contributed by atoms with Crippen molar-refractivity contribution in [2.45, 2.75) is 19.9 Å². The number of halogens is 1. The van der Waals surface area contributed by atoms with Gasteiger partial charge in [0, 0.05) is 37.5 Å². The van der Waals surface area contributed by atoms with Gasteiger partial charge in [-0.2, -0.15) is 0 Å². The fraction of sp³-hybridized carbons (Fsp3) is 0.294. The molecule has 0 atom stereocenters. The number of Topliss-reactive ketones (excluding diaryl/α,β-unsaturated/α-hetero) is 1. The van der Waals surface area contributed by atoms with Crippen LogP contribution in [0.15, 0.2) is 48.8 Å². The third-order valence-corrected chi connectivity index (χ3v) is 3.40. The predicted octanol–water partition coefficient (Wildman–Crippen LogP) is 3.32. The Labute approximate surface area is 124 Å². The Morgan fingerprint density at radius 3 is 2.67 bits per heavy atom. The van der Waals surface area contributed by atoms with Crippen LogP contribution in [-0.4, -0.2) is 28.8 Å². The van der Waals surface area contributed by atoms with E-state index in [9.17, 15) is 9.18 Å². The summed E-state index contributed by atoms with van der Waals surface area (Å²) in [5.41, 5.74) is 1.61. The summed E-state index contributed by atoms with van der Waals surface area (Å²) in [6, 6.07) is 9.80. The first kappa shape index (κ1) is 15.3. The molecule has 0 aliphatic heterocycles. The molecule has 0 aliphatic carbocycles. The minimum atomic E-state index is -0.370. The molecule has 4 heteroatoms. The quantitative estimate of drug-likeness (QED) is 0.732. The number of pyridine rings is 1. The molecule has 1 heterocycles. The van der Waals surface area contributed by atoms with Gasteiger partial charge in [-0.1, -0.05) is 19.1 Å². The van der Waals surface area contributed by atoms with Crippen LogP contribution in [0.5, 0.6) is 0 Å². The molecule has 0 aliphatic rings. The molecule has 0 unspecified atom stereocenters. The maximum Gasteiger partial charge on any atom is 0.164 e. The minimum Gasteiger partial charge on any atom is -0.299 e. The maximum absolute atomic E-state index is 13.1. The first-order valence-electron chi connectivity index (χ1n) is 7.09. The highest BCUT2D eigenvalue weighted by molar-refractivity contribution is 5.96. The van der Waals surface area contributed by atoms with E-state index in [4.69, 9.17) is 0 Å². The van der Waals surface area contributed by atoms with E-state index >= 15 is 0 Å². The second-order valence-electron chi connectivity index (χ2n) is 4.91. The average molecular weight is 286 g/mol. The smallest absolute Gasteiger partial charge is 0.164 e. The summed E-state index contributed by atoms with van der Waals surface area (Å²) in [7, 11) is 0. The number of aromatic nitrogens is 1. The van der Waals surface area contributed by atoms with Gasteiger partial charge < -0.3 is 0 Å². The van der Waals surface area contributed by atoms with Gasteiger partial charge in [0.25, 0.3) is 0 Å². The normalized spacial score (nSPS) is 10.8. The van der Waals surface area contributed by atoms with Gasteiger partial charge in [0.2, 0.25) is 0 Å². The van der Waals surface area contributed by atoms with Crippen molar-refractivity contribution in [1.29, 1.82) is 0 Å². The zero-order valence-electron chi connectivity index (χ0n) is 12.1. The molecule has 0 N–H and O–H groups in total. The number of carbonyl (C=O) groups excluding carboxylic acids is 1. The minimum absolute atomic E-state index is 0.0253. The van der Waals surface area contributed by atoms with Crippen molar-refractivity contribution in [1.82, 2.24) is 9.88 Å². The summed E-state index contributed by atoms with van der Waals surface area (Å²) in [5.74, 6) is -0.396. The number of rotatable bonds is 7. The number of hydrogen-bond donors (Lipinski definition) is 0. The first-order chi connectivity index (χ1) is 10.2. The van der Waals surface area contributed by atoms with Crippen molar-refractivity contribution in [2.24, 2.45) is 0 Å². The van der Waals surface area contributed by atoms with E-state index in [2.05, 4.69) is 16.8 Å². The highest BCUT2D eigenvalue weighted by Gasteiger charge is 2.10. The number of nitrogens with zero attached hydrogens (tertiary/aromatic N) is 2. The summed E-state index contributed by atoms with van der Waals surface area (Å²) in [4.78, 5) is 18.2. The van der Waals surface area contributed by atoms with Crippen molar-refractivity contribution in [3.05, 3.63) is 65.7 Å². The molecular formula is C17H19FN2O. The van der Waals surface area contributed by atoms with Gasteiger partial charge in [-0.25, -0.2) is 4.39 Å². The predicted molar refractivity (Wildman–Crippen MR) is 80.5 cm³/mol. The van der Waals surface area contributed by atoms with Crippen LogP contribution in [0.25, 0.3) is 0 Å². The lowest BCUT2D eigenvalue weighted by molar-refractivity contribution is 0.0963. The zero-order valence-corrected chi connectivity index (χ0v) is 12.1. The van der Waals surface area contributed by atoms with Gasteiger partial charge in [-0.3, -0.25) is 14.7 Å². The number of carbonyl (C=O) groups is 1. The van der Waals surface area contributed by atoms with E-state index in [1.165, 1.54) is 17.7 Å². The monoisotopic (exact) mass is 286 g/mol. The Morgan fingerprint density at radius 2 is 2.00 bits per heavy atom. The lowest BCUT2D eigenvalue weighted by Gasteiger charge is -2.19. The zero-order chi connectivity index (χ0) is 15.1. The molecule has 0 bridgehead atoms. The highest BCUT2D eigenvalue weighted by Crippen LogP contribution is 2.09. The number of ketones is 1. The third kappa shape index (κ3) is 4.76. The van der Waals surface area contributed by atoms with Crippen LogP contribution in [-0.2, 0) is 6.54 Å². The molecule has 21 heavy (non-hydrogen) atoms. The van der Waals surface area contributed by atoms with Crippen LogP contribution in [0.2, 0.25) is 0 Å². The van der Waals surface area contributed by atoms with Gasteiger partial charge in [0.05, 0.1) is 0 Å². The lowest BCUT2D eigenvalue weighted by atomic mass is 10.1. The van der Waals surface area contributed by atoms with E-state index in [1.807, 2.05) is 12.1 Å². The van der Waals surface area contributed by atoms with Crippen molar-refractivity contribution in [3.8, 4) is 0 Å². The largest absolute Gasteiger partial charge is 0.299 e. The second-order valence-corrected chi connectivity index (χ2v) is 4.91. The van der Waals surface area contributed by atoms with Crippen LogP contribution < -0.4 is 0 Å². The van der Waals surface area contributed by atoms with Crippen molar-refractivity contribution >= 4 is 5.78 Å². The third-order valence-electron chi connectivity index (χ3n) is 3.40. The van der Waals surface area contributed by atoms with Crippen LogP contribution in [0.4, 0.5) is 4.39 Å². The molecule has 110 valence electrons. The summed E-state index contributed by atoms with van der Waals surface area (Å²) in [5, 5.41) is 0. The van der Waals surface area contributed by atoms with E-state index in [1.54, 1.807) is 24.5 Å². The molecule has 0 saturated carbocycles. The van der Waals surface area contributed by atoms with E-state index in [-0.39, 0.29) is 11.6 Å². The lowest BCUT2D eigenvalue weighted by Crippen LogP contribution is -2.25. The summed E-state index contributed by atoms with van der Waals surface area (Å²) in [6.07, 6.45) is 3.92. The molecule has 3 nitrogen and oxygen atoms in total. The Kier molecular flexibility index (Phi) is 5.58. The molecule has 0 amide bonds. The fourth-order valence-corrected chi connectivity index (χ4v) is 2.16. The fourth-order valence-electron chi connectivity index (χ4n) is 2.16. The average Bonchev–Trinajstić information content (AvgIpc) is 2.52. The van der Waals surface area contributed by atoms with Crippen molar-refractivity contribution in [2.75, 3.05) is 13.1 Å². The van der Waals surface area contributed by atoms with Gasteiger partial charge in [-0.15, -0.1) is 0 Å². The number of hydrogen-bond acceptors (Lipinski definition) is 3. The van der Waals surface area contributed by atoms with Crippen molar-refractivity contribution < 1.29 is 9.18 Å². The molecule has 1 aromatic heterocycles. The second kappa shape index (κ2) is 7.64. The van der Waals surface area contributed by atoms with Gasteiger partial charge >= 0.3 is 0 Å². The summed E-state index contributed by atoms with van der Waals surface area (Å²) >= 11 is 0. The molecule has 1 aromatic carbocycles. The van der Waals surface area contributed by atoms with Gasteiger partial charge in [0.15, 0.2) is 5.78 Å². The number of benzene rings is 1. The van der Waals surface area contributed by atoms with E-state index in [0.29, 0.717) is 18.5 Å².